The summed E-state index contributed by atoms with van der Waals surface area (Å²) in [4.78, 5) is 38.7. The molecule has 1 aromatic carbocycles. The predicted molar refractivity (Wildman–Crippen MR) is 81.8 cm³/mol. The number of nitrogens with zero attached hydrogens (tertiary/aromatic N) is 2. The fourth-order valence-electron chi connectivity index (χ4n) is 1.87. The van der Waals surface area contributed by atoms with Gasteiger partial charge in [0.1, 0.15) is 5.75 Å². The molecule has 0 fully saturated rings. The molecule has 1 heterocycles. The van der Waals surface area contributed by atoms with Crippen LogP contribution in [0.1, 0.15) is 5.56 Å². The SMILES string of the molecule is COc1ccccc1CNC(=O)COc1nc[nH]c(=O)c1[N+](=O)[O-]. The summed E-state index contributed by atoms with van der Waals surface area (Å²) in [6.07, 6.45) is 0.956. The molecule has 126 valence electrons. The monoisotopic (exact) mass is 334 g/mol. The number of nitro groups is 1. The third-order valence-corrected chi connectivity index (χ3v) is 2.99. The highest BCUT2D eigenvalue weighted by Crippen LogP contribution is 2.18. The van der Waals surface area contributed by atoms with Gasteiger partial charge in [-0.1, -0.05) is 18.2 Å². The summed E-state index contributed by atoms with van der Waals surface area (Å²) >= 11 is 0. The Balaban J connectivity index is 1.96. The van der Waals surface area contributed by atoms with Gasteiger partial charge in [0, 0.05) is 12.1 Å². The lowest BCUT2D eigenvalue weighted by molar-refractivity contribution is -0.387. The maximum atomic E-state index is 11.8. The summed E-state index contributed by atoms with van der Waals surface area (Å²) in [5, 5.41) is 13.4. The molecular weight excluding hydrogens is 320 g/mol. The van der Waals surface area contributed by atoms with Crippen LogP contribution in [-0.4, -0.2) is 34.5 Å². The number of carbonyl (C=O) groups is 1. The number of hydrogen-bond donors (Lipinski definition) is 2. The lowest BCUT2D eigenvalue weighted by atomic mass is 10.2. The van der Waals surface area contributed by atoms with Gasteiger partial charge in [-0.3, -0.25) is 19.7 Å². The van der Waals surface area contributed by atoms with E-state index < -0.39 is 34.6 Å². The van der Waals surface area contributed by atoms with Gasteiger partial charge < -0.3 is 19.8 Å². The largest absolute Gasteiger partial charge is 0.496 e. The minimum absolute atomic E-state index is 0.192. The van der Waals surface area contributed by atoms with Gasteiger partial charge in [0.15, 0.2) is 6.61 Å². The van der Waals surface area contributed by atoms with E-state index in [2.05, 4.69) is 15.3 Å². The number of H-pyrrole nitrogens is 1. The van der Waals surface area contributed by atoms with Gasteiger partial charge in [-0.25, -0.2) is 0 Å². The van der Waals surface area contributed by atoms with Gasteiger partial charge in [0.05, 0.1) is 18.4 Å². The molecule has 0 radical (unpaired) electrons. The first kappa shape index (κ1) is 16.9. The Morgan fingerprint density at radius 3 is 2.88 bits per heavy atom. The molecule has 0 aliphatic heterocycles. The van der Waals surface area contributed by atoms with Crippen molar-refractivity contribution in [3.05, 3.63) is 56.6 Å². The number of amides is 1. The Labute approximate surface area is 135 Å². The van der Waals surface area contributed by atoms with Gasteiger partial charge in [0.2, 0.25) is 0 Å². The van der Waals surface area contributed by atoms with E-state index in [0.717, 1.165) is 11.9 Å². The molecule has 24 heavy (non-hydrogen) atoms. The van der Waals surface area contributed by atoms with Crippen molar-refractivity contribution in [2.45, 2.75) is 6.54 Å². The van der Waals surface area contributed by atoms with Crippen molar-refractivity contribution in [1.82, 2.24) is 15.3 Å². The molecule has 0 aliphatic carbocycles. The summed E-state index contributed by atoms with van der Waals surface area (Å²) in [7, 11) is 1.52. The van der Waals surface area contributed by atoms with Gasteiger partial charge >= 0.3 is 17.1 Å². The van der Waals surface area contributed by atoms with E-state index in [1.165, 1.54) is 7.11 Å². The highest BCUT2D eigenvalue weighted by Gasteiger charge is 2.22. The highest BCUT2D eigenvalue weighted by atomic mass is 16.6. The Bertz CT molecular complexity index is 804. The Hall–Kier alpha value is -3.43. The molecule has 0 bridgehead atoms. The van der Waals surface area contributed by atoms with Crippen molar-refractivity contribution in [3.63, 3.8) is 0 Å². The number of methoxy groups -OCH3 is 1. The number of aromatic nitrogens is 2. The second-order valence-electron chi connectivity index (χ2n) is 4.52. The van der Waals surface area contributed by atoms with E-state index >= 15 is 0 Å². The van der Waals surface area contributed by atoms with E-state index in [4.69, 9.17) is 9.47 Å². The summed E-state index contributed by atoms with van der Waals surface area (Å²) in [6, 6.07) is 7.12. The molecular formula is C14H14N4O6. The Kier molecular flexibility index (Phi) is 5.45. The number of rotatable bonds is 7. The lowest BCUT2D eigenvalue weighted by Gasteiger charge is -2.09. The molecule has 1 aromatic heterocycles. The molecule has 1 amide bonds. The molecule has 10 heteroatoms. The molecule has 2 N–H and O–H groups in total. The Morgan fingerprint density at radius 1 is 1.42 bits per heavy atom. The maximum Gasteiger partial charge on any atom is 0.395 e. The maximum absolute atomic E-state index is 11.8. The zero-order chi connectivity index (χ0) is 17.5. The molecule has 2 aromatic rings. The van der Waals surface area contributed by atoms with Crippen molar-refractivity contribution in [2.75, 3.05) is 13.7 Å². The molecule has 0 saturated heterocycles. The number of para-hydroxylation sites is 1. The zero-order valence-corrected chi connectivity index (χ0v) is 12.6. The van der Waals surface area contributed by atoms with Crippen LogP contribution in [0.25, 0.3) is 0 Å². The van der Waals surface area contributed by atoms with E-state index in [0.29, 0.717) is 5.75 Å². The molecule has 0 spiro atoms. The van der Waals surface area contributed by atoms with Crippen LogP contribution in [0.4, 0.5) is 5.69 Å². The summed E-state index contributed by atoms with van der Waals surface area (Å²) < 4.78 is 10.1. The van der Waals surface area contributed by atoms with Crippen molar-refractivity contribution in [3.8, 4) is 11.6 Å². The van der Waals surface area contributed by atoms with Crippen molar-refractivity contribution < 1.29 is 19.2 Å². The van der Waals surface area contributed by atoms with Crippen LogP contribution in [0.3, 0.4) is 0 Å². The molecule has 0 saturated carbocycles. The fraction of sp³-hybridized carbons (Fsp3) is 0.214. The average Bonchev–Trinajstić information content (AvgIpc) is 2.58. The van der Waals surface area contributed by atoms with Crippen LogP contribution in [-0.2, 0) is 11.3 Å². The van der Waals surface area contributed by atoms with Crippen LogP contribution >= 0.6 is 0 Å². The zero-order valence-electron chi connectivity index (χ0n) is 12.6. The van der Waals surface area contributed by atoms with Gasteiger partial charge in [-0.2, -0.15) is 4.98 Å². The highest BCUT2D eigenvalue weighted by molar-refractivity contribution is 5.77. The van der Waals surface area contributed by atoms with Crippen molar-refractivity contribution >= 4 is 11.6 Å². The van der Waals surface area contributed by atoms with Crippen molar-refractivity contribution in [1.29, 1.82) is 0 Å². The minimum atomic E-state index is -0.959. The molecule has 0 unspecified atom stereocenters. The first-order chi connectivity index (χ1) is 11.5. The number of carbonyl (C=O) groups excluding carboxylic acids is 1. The first-order valence-corrected chi connectivity index (χ1v) is 6.76. The van der Waals surface area contributed by atoms with Crippen LogP contribution in [0.15, 0.2) is 35.4 Å². The van der Waals surface area contributed by atoms with Gasteiger partial charge in [-0.15, -0.1) is 0 Å². The Morgan fingerprint density at radius 2 is 2.17 bits per heavy atom. The predicted octanol–water partition coefficient (Wildman–Crippen LogP) is 0.382. The number of nitrogens with one attached hydrogen (secondary N) is 2. The van der Waals surface area contributed by atoms with E-state index in [9.17, 15) is 19.7 Å². The van der Waals surface area contributed by atoms with E-state index in [1.54, 1.807) is 24.3 Å². The van der Waals surface area contributed by atoms with Gasteiger partial charge in [0.25, 0.3) is 5.91 Å². The lowest BCUT2D eigenvalue weighted by Crippen LogP contribution is -2.29. The second-order valence-corrected chi connectivity index (χ2v) is 4.52. The second kappa shape index (κ2) is 7.72. The fourth-order valence-corrected chi connectivity index (χ4v) is 1.87. The standard InChI is InChI=1S/C14H14N4O6/c1-23-10-5-3-2-4-9(10)6-15-11(19)7-24-14-12(18(21)22)13(20)16-8-17-14/h2-5,8H,6-7H2,1H3,(H,15,19)(H,16,17,20). The van der Waals surface area contributed by atoms with Crippen LogP contribution in [0.5, 0.6) is 11.6 Å². The van der Waals surface area contributed by atoms with Crippen LogP contribution in [0, 0.1) is 10.1 Å². The molecule has 0 atom stereocenters. The number of benzene rings is 1. The quantitative estimate of drug-likeness (QED) is 0.551. The topological polar surface area (TPSA) is 136 Å². The molecule has 2 rings (SSSR count). The molecule has 10 nitrogen and oxygen atoms in total. The summed E-state index contributed by atoms with van der Waals surface area (Å²) in [5.41, 5.74) is -1.05. The number of hydrogen-bond acceptors (Lipinski definition) is 7. The van der Waals surface area contributed by atoms with E-state index in [1.807, 2.05) is 0 Å². The van der Waals surface area contributed by atoms with Crippen molar-refractivity contribution in [2.24, 2.45) is 0 Å². The summed E-state index contributed by atoms with van der Waals surface area (Å²) in [6.45, 7) is -0.330. The third kappa shape index (κ3) is 4.06. The van der Waals surface area contributed by atoms with Crippen LogP contribution < -0.4 is 20.3 Å². The first-order valence-electron chi connectivity index (χ1n) is 6.76. The van der Waals surface area contributed by atoms with E-state index in [-0.39, 0.29) is 6.54 Å². The third-order valence-electron chi connectivity index (χ3n) is 2.99. The average molecular weight is 334 g/mol. The molecule has 0 aliphatic rings. The summed E-state index contributed by atoms with van der Waals surface area (Å²) in [5.74, 6) is -0.431. The smallest absolute Gasteiger partial charge is 0.395 e. The van der Waals surface area contributed by atoms with Crippen LogP contribution in [0.2, 0.25) is 0 Å². The normalized spacial score (nSPS) is 10.0. The number of aromatic amines is 1. The number of ether oxygens (including phenoxy) is 2. The minimum Gasteiger partial charge on any atom is -0.496 e. The van der Waals surface area contributed by atoms with Gasteiger partial charge in [-0.05, 0) is 6.07 Å².